The third-order valence-corrected chi connectivity index (χ3v) is 3.43. The molecule has 1 aromatic heterocycles. The first-order chi connectivity index (χ1) is 12.7. The van der Waals surface area contributed by atoms with Crippen LogP contribution in [0.3, 0.4) is 0 Å². The van der Waals surface area contributed by atoms with Gasteiger partial charge in [0.05, 0.1) is 6.54 Å². The van der Waals surface area contributed by atoms with Gasteiger partial charge in [0, 0.05) is 40.3 Å². The van der Waals surface area contributed by atoms with E-state index in [1.807, 2.05) is 25.7 Å². The molecule has 148 valence electrons. The standard InChI is InChI=1S/C17H27N7O3/c1-7-8-18-13-19-14(21-15(20-13)27-22(5)6)23-9-11-24(12-10-23)16(25)26-17(2,3)4/h1H,8-12H2,2-6H3,(H,18,19,20,21). The highest BCUT2D eigenvalue weighted by atomic mass is 16.7. The lowest BCUT2D eigenvalue weighted by atomic mass is 10.2. The molecule has 0 bridgehead atoms. The highest BCUT2D eigenvalue weighted by molar-refractivity contribution is 5.68. The summed E-state index contributed by atoms with van der Waals surface area (Å²) in [5.41, 5.74) is -0.515. The molecule has 1 saturated heterocycles. The number of nitrogens with zero attached hydrogens (tertiary/aromatic N) is 6. The Bertz CT molecular complexity index is 689. The van der Waals surface area contributed by atoms with Crippen LogP contribution in [0, 0.1) is 12.3 Å². The van der Waals surface area contributed by atoms with Gasteiger partial charge in [-0.25, -0.2) is 4.79 Å². The van der Waals surface area contributed by atoms with Gasteiger partial charge in [-0.3, -0.25) is 0 Å². The number of hydroxylamine groups is 2. The van der Waals surface area contributed by atoms with Gasteiger partial charge in [0.1, 0.15) is 5.60 Å². The van der Waals surface area contributed by atoms with Crippen LogP contribution in [0.1, 0.15) is 20.8 Å². The minimum Gasteiger partial charge on any atom is -0.444 e. The van der Waals surface area contributed by atoms with Gasteiger partial charge in [0.15, 0.2) is 0 Å². The first-order valence-electron chi connectivity index (χ1n) is 8.69. The first kappa shape index (κ1) is 20.5. The van der Waals surface area contributed by atoms with Gasteiger partial charge in [-0.2, -0.15) is 15.0 Å². The summed E-state index contributed by atoms with van der Waals surface area (Å²) in [5.74, 6) is 3.28. The van der Waals surface area contributed by atoms with Crippen molar-refractivity contribution in [1.82, 2.24) is 24.9 Å². The topological polar surface area (TPSA) is 96.0 Å². The number of ether oxygens (including phenoxy) is 1. The molecule has 10 heteroatoms. The molecule has 10 nitrogen and oxygen atoms in total. The number of hydrogen-bond acceptors (Lipinski definition) is 9. The smallest absolute Gasteiger partial charge is 0.410 e. The summed E-state index contributed by atoms with van der Waals surface area (Å²) in [7, 11) is 3.47. The van der Waals surface area contributed by atoms with Gasteiger partial charge < -0.3 is 24.7 Å². The summed E-state index contributed by atoms with van der Waals surface area (Å²) in [6.07, 6.45) is 4.97. The molecule has 1 fully saturated rings. The average molecular weight is 377 g/mol. The molecule has 0 radical (unpaired) electrons. The van der Waals surface area contributed by atoms with Crippen LogP contribution in [0.15, 0.2) is 0 Å². The van der Waals surface area contributed by atoms with Crippen molar-refractivity contribution in [3.8, 4) is 18.4 Å². The normalized spacial score (nSPS) is 14.7. The number of aromatic nitrogens is 3. The molecule has 0 saturated carbocycles. The summed E-state index contributed by atoms with van der Waals surface area (Å²) in [6.45, 7) is 8.00. The lowest BCUT2D eigenvalue weighted by Crippen LogP contribution is -2.50. The van der Waals surface area contributed by atoms with Crippen molar-refractivity contribution < 1.29 is 14.4 Å². The molecule has 1 aromatic rings. The molecule has 1 aliphatic rings. The van der Waals surface area contributed by atoms with E-state index in [0.29, 0.717) is 38.1 Å². The Hall–Kier alpha value is -2.80. The van der Waals surface area contributed by atoms with Crippen LogP contribution in [0.2, 0.25) is 0 Å². The SMILES string of the molecule is C#CCNc1nc(ON(C)C)nc(N2CCN(C(=O)OC(C)(C)C)CC2)n1. The molecule has 0 aliphatic carbocycles. The zero-order valence-electron chi connectivity index (χ0n) is 16.5. The largest absolute Gasteiger partial charge is 0.444 e. The number of piperazine rings is 1. The van der Waals surface area contributed by atoms with Gasteiger partial charge >= 0.3 is 12.1 Å². The molecular weight excluding hydrogens is 350 g/mol. The number of hydrogen-bond donors (Lipinski definition) is 1. The fraction of sp³-hybridized carbons (Fsp3) is 0.647. The van der Waals surface area contributed by atoms with Crippen LogP contribution in [0.25, 0.3) is 0 Å². The maximum Gasteiger partial charge on any atom is 0.410 e. The second-order valence-electron chi connectivity index (χ2n) is 7.16. The molecule has 1 amide bonds. The summed E-state index contributed by atoms with van der Waals surface area (Å²) in [4.78, 5) is 34.2. The Morgan fingerprint density at radius 3 is 2.44 bits per heavy atom. The van der Waals surface area contributed by atoms with Crippen molar-refractivity contribution >= 4 is 18.0 Å². The number of terminal acetylenes is 1. The predicted octanol–water partition coefficient (Wildman–Crippen LogP) is 0.829. The minimum atomic E-state index is -0.515. The second kappa shape index (κ2) is 8.73. The van der Waals surface area contributed by atoms with Gasteiger partial charge in [-0.1, -0.05) is 5.92 Å². The lowest BCUT2D eigenvalue weighted by molar-refractivity contribution is -0.0138. The molecule has 1 N–H and O–H groups in total. The first-order valence-corrected chi connectivity index (χ1v) is 8.69. The minimum absolute atomic E-state index is 0.166. The molecule has 0 atom stereocenters. The van der Waals surface area contributed by atoms with E-state index in [1.54, 1.807) is 19.0 Å². The average Bonchev–Trinajstić information content (AvgIpc) is 2.58. The molecular formula is C17H27N7O3. The zero-order valence-corrected chi connectivity index (χ0v) is 16.5. The fourth-order valence-corrected chi connectivity index (χ4v) is 2.32. The quantitative estimate of drug-likeness (QED) is 0.591. The molecule has 2 rings (SSSR count). The van der Waals surface area contributed by atoms with Crippen molar-refractivity contribution in [3.05, 3.63) is 0 Å². The van der Waals surface area contributed by atoms with E-state index in [0.717, 1.165) is 0 Å². The van der Waals surface area contributed by atoms with Gasteiger partial charge in [0.2, 0.25) is 11.9 Å². The Labute approximate surface area is 159 Å². The van der Waals surface area contributed by atoms with E-state index in [1.165, 1.54) is 5.06 Å². The third kappa shape index (κ3) is 6.45. The molecule has 27 heavy (non-hydrogen) atoms. The van der Waals surface area contributed by atoms with E-state index < -0.39 is 5.60 Å². The van der Waals surface area contributed by atoms with Crippen LogP contribution < -0.4 is 15.1 Å². The Morgan fingerprint density at radius 1 is 1.22 bits per heavy atom. The van der Waals surface area contributed by atoms with Crippen molar-refractivity contribution in [1.29, 1.82) is 0 Å². The van der Waals surface area contributed by atoms with Crippen LogP contribution >= 0.6 is 0 Å². The summed E-state index contributed by atoms with van der Waals surface area (Å²) < 4.78 is 5.42. The van der Waals surface area contributed by atoms with Crippen LogP contribution in [-0.2, 0) is 4.74 Å². The molecule has 0 spiro atoms. The summed E-state index contributed by atoms with van der Waals surface area (Å²) >= 11 is 0. The number of nitrogens with one attached hydrogen (secondary N) is 1. The number of amides is 1. The monoisotopic (exact) mass is 377 g/mol. The van der Waals surface area contributed by atoms with E-state index in [4.69, 9.17) is 16.0 Å². The van der Waals surface area contributed by atoms with Crippen LogP contribution in [0.5, 0.6) is 6.01 Å². The van der Waals surface area contributed by atoms with Gasteiger partial charge in [-0.15, -0.1) is 11.5 Å². The maximum absolute atomic E-state index is 12.2. The summed E-state index contributed by atoms with van der Waals surface area (Å²) in [6, 6.07) is 0.166. The third-order valence-electron chi connectivity index (χ3n) is 3.43. The summed E-state index contributed by atoms with van der Waals surface area (Å²) in [5, 5.41) is 4.42. The van der Waals surface area contributed by atoms with E-state index in [-0.39, 0.29) is 18.6 Å². The highest BCUT2D eigenvalue weighted by Crippen LogP contribution is 2.18. The van der Waals surface area contributed by atoms with Crippen molar-refractivity contribution in [2.24, 2.45) is 0 Å². The zero-order chi connectivity index (χ0) is 20.0. The Balaban J connectivity index is 2.07. The van der Waals surface area contributed by atoms with Crippen LogP contribution in [0.4, 0.5) is 16.7 Å². The van der Waals surface area contributed by atoms with Crippen molar-refractivity contribution in [3.63, 3.8) is 0 Å². The molecule has 1 aliphatic heterocycles. The molecule has 0 aromatic carbocycles. The number of carbonyl (C=O) groups is 1. The second-order valence-corrected chi connectivity index (χ2v) is 7.16. The van der Waals surface area contributed by atoms with Crippen LogP contribution in [-0.4, -0.2) is 83.4 Å². The van der Waals surface area contributed by atoms with Gasteiger partial charge in [-0.05, 0) is 20.8 Å². The molecule has 2 heterocycles. The van der Waals surface area contributed by atoms with E-state index >= 15 is 0 Å². The number of anilines is 2. The number of rotatable bonds is 5. The van der Waals surface area contributed by atoms with Crippen molar-refractivity contribution in [2.75, 3.05) is 57.0 Å². The fourth-order valence-electron chi connectivity index (χ4n) is 2.32. The van der Waals surface area contributed by atoms with E-state index in [9.17, 15) is 4.79 Å². The highest BCUT2D eigenvalue weighted by Gasteiger charge is 2.27. The Kier molecular flexibility index (Phi) is 6.63. The lowest BCUT2D eigenvalue weighted by Gasteiger charge is -2.35. The predicted molar refractivity (Wildman–Crippen MR) is 101 cm³/mol. The Morgan fingerprint density at radius 2 is 1.89 bits per heavy atom. The maximum atomic E-state index is 12.2. The number of carbonyl (C=O) groups excluding carboxylic acids is 1. The van der Waals surface area contributed by atoms with Gasteiger partial charge in [0.25, 0.3) is 0 Å². The van der Waals surface area contributed by atoms with Crippen molar-refractivity contribution in [2.45, 2.75) is 26.4 Å². The molecule has 0 unspecified atom stereocenters. The van der Waals surface area contributed by atoms with E-state index in [2.05, 4.69) is 26.2 Å².